The number of amides is 2. The number of nitrogens with zero attached hydrogens (tertiary/aromatic N) is 1. The second kappa shape index (κ2) is 8.12. The summed E-state index contributed by atoms with van der Waals surface area (Å²) in [7, 11) is 0. The van der Waals surface area contributed by atoms with Gasteiger partial charge in [0.25, 0.3) is 5.91 Å². The lowest BCUT2D eigenvalue weighted by Crippen LogP contribution is -2.43. The standard InChI is InChI=1S/C16H19N3O2S2/c1-10(2)15(20)18-19-16(21)12-4-6-14(7-5-12)23-9-13-8-22-11(3)17-13/h4-8,10H,9H2,1-3H3,(H,18,20)(H,19,21). The van der Waals surface area contributed by atoms with E-state index in [4.69, 9.17) is 0 Å². The molecule has 2 N–H and O–H groups in total. The van der Waals surface area contributed by atoms with Crippen molar-refractivity contribution in [3.8, 4) is 0 Å². The Morgan fingerprint density at radius 2 is 1.91 bits per heavy atom. The number of rotatable bonds is 5. The summed E-state index contributed by atoms with van der Waals surface area (Å²) >= 11 is 3.32. The third-order valence-electron chi connectivity index (χ3n) is 2.99. The number of hydrogen-bond donors (Lipinski definition) is 2. The Morgan fingerprint density at radius 1 is 1.22 bits per heavy atom. The quantitative estimate of drug-likeness (QED) is 0.642. The summed E-state index contributed by atoms with van der Waals surface area (Å²) in [4.78, 5) is 28.8. The normalized spacial score (nSPS) is 10.6. The maximum Gasteiger partial charge on any atom is 0.269 e. The van der Waals surface area contributed by atoms with Gasteiger partial charge in [0.1, 0.15) is 0 Å². The molecule has 0 saturated heterocycles. The summed E-state index contributed by atoms with van der Waals surface area (Å²) < 4.78 is 0. The van der Waals surface area contributed by atoms with Crippen LogP contribution in [0.1, 0.15) is 34.9 Å². The first kappa shape index (κ1) is 17.5. The van der Waals surface area contributed by atoms with Crippen LogP contribution in [-0.4, -0.2) is 16.8 Å². The van der Waals surface area contributed by atoms with E-state index in [0.717, 1.165) is 21.3 Å². The minimum absolute atomic E-state index is 0.177. The van der Waals surface area contributed by atoms with Gasteiger partial charge in [-0.05, 0) is 31.2 Å². The molecule has 2 aromatic rings. The molecule has 0 bridgehead atoms. The van der Waals surface area contributed by atoms with E-state index in [1.807, 2.05) is 19.1 Å². The topological polar surface area (TPSA) is 71.1 Å². The van der Waals surface area contributed by atoms with Crippen LogP contribution in [0.2, 0.25) is 0 Å². The molecule has 2 amide bonds. The number of aryl methyl sites for hydroxylation is 1. The second-order valence-electron chi connectivity index (χ2n) is 5.27. The molecule has 1 aromatic heterocycles. The molecule has 23 heavy (non-hydrogen) atoms. The van der Waals surface area contributed by atoms with E-state index in [0.29, 0.717) is 5.56 Å². The van der Waals surface area contributed by atoms with Crippen molar-refractivity contribution in [3.05, 3.63) is 45.9 Å². The molecule has 0 spiro atoms. The van der Waals surface area contributed by atoms with Crippen LogP contribution >= 0.6 is 23.1 Å². The Kier molecular flexibility index (Phi) is 6.18. The van der Waals surface area contributed by atoms with Crippen LogP contribution in [0.4, 0.5) is 0 Å². The summed E-state index contributed by atoms with van der Waals surface area (Å²) in [5.41, 5.74) is 6.37. The molecule has 2 rings (SSSR count). The molecule has 5 nitrogen and oxygen atoms in total. The van der Waals surface area contributed by atoms with E-state index >= 15 is 0 Å². The number of thioether (sulfide) groups is 1. The smallest absolute Gasteiger partial charge is 0.269 e. The Hall–Kier alpha value is -1.86. The highest BCUT2D eigenvalue weighted by atomic mass is 32.2. The maximum atomic E-state index is 11.9. The number of carbonyl (C=O) groups is 2. The molecule has 0 atom stereocenters. The van der Waals surface area contributed by atoms with E-state index in [1.165, 1.54) is 0 Å². The van der Waals surface area contributed by atoms with E-state index < -0.39 is 0 Å². The van der Waals surface area contributed by atoms with Gasteiger partial charge in [-0.25, -0.2) is 4.98 Å². The summed E-state index contributed by atoms with van der Waals surface area (Å²) in [5.74, 6) is 0.0820. The zero-order chi connectivity index (χ0) is 16.8. The highest BCUT2D eigenvalue weighted by Gasteiger charge is 2.10. The predicted molar refractivity (Wildman–Crippen MR) is 93.3 cm³/mol. The van der Waals surface area contributed by atoms with Gasteiger partial charge in [0.15, 0.2) is 0 Å². The van der Waals surface area contributed by atoms with Gasteiger partial charge >= 0.3 is 0 Å². The minimum atomic E-state index is -0.328. The number of hydrogen-bond acceptors (Lipinski definition) is 5. The van der Waals surface area contributed by atoms with Crippen molar-refractivity contribution < 1.29 is 9.59 Å². The summed E-state index contributed by atoms with van der Waals surface area (Å²) in [6.45, 7) is 5.51. The minimum Gasteiger partial charge on any atom is -0.273 e. The van der Waals surface area contributed by atoms with Crippen LogP contribution in [0, 0.1) is 12.8 Å². The van der Waals surface area contributed by atoms with E-state index in [-0.39, 0.29) is 17.7 Å². The van der Waals surface area contributed by atoms with E-state index in [9.17, 15) is 9.59 Å². The Labute approximate surface area is 143 Å². The predicted octanol–water partition coefficient (Wildman–Crippen LogP) is 3.16. The number of hydrazine groups is 1. The fourth-order valence-electron chi connectivity index (χ4n) is 1.67. The number of benzene rings is 1. The van der Waals surface area contributed by atoms with Crippen LogP contribution in [0.3, 0.4) is 0 Å². The maximum absolute atomic E-state index is 11.9. The molecule has 0 aliphatic heterocycles. The Balaban J connectivity index is 1.86. The first-order valence-corrected chi connectivity index (χ1v) is 9.06. The first-order chi connectivity index (χ1) is 11.0. The number of nitrogens with one attached hydrogen (secondary N) is 2. The van der Waals surface area contributed by atoms with E-state index in [1.54, 1.807) is 49.1 Å². The SMILES string of the molecule is Cc1nc(CSc2ccc(C(=O)NNC(=O)C(C)C)cc2)cs1. The van der Waals surface area contributed by atoms with Crippen molar-refractivity contribution in [2.45, 2.75) is 31.4 Å². The van der Waals surface area contributed by atoms with Crippen LogP contribution < -0.4 is 10.9 Å². The fraction of sp³-hybridized carbons (Fsp3) is 0.312. The molecule has 122 valence electrons. The highest BCUT2D eigenvalue weighted by molar-refractivity contribution is 7.98. The lowest BCUT2D eigenvalue weighted by atomic mass is 10.2. The van der Waals surface area contributed by atoms with E-state index in [2.05, 4.69) is 21.2 Å². The Bertz CT molecular complexity index is 681. The average molecular weight is 349 g/mol. The van der Waals surface area contributed by atoms with Crippen molar-refractivity contribution in [1.82, 2.24) is 15.8 Å². The molecule has 0 unspecified atom stereocenters. The monoisotopic (exact) mass is 349 g/mol. The van der Waals surface area contributed by atoms with Crippen molar-refractivity contribution in [2.24, 2.45) is 5.92 Å². The molecule has 0 saturated carbocycles. The Morgan fingerprint density at radius 3 is 2.48 bits per heavy atom. The van der Waals surface area contributed by atoms with Gasteiger partial charge in [-0.3, -0.25) is 20.4 Å². The lowest BCUT2D eigenvalue weighted by molar-refractivity contribution is -0.124. The fourth-order valence-corrected chi connectivity index (χ4v) is 3.18. The lowest BCUT2D eigenvalue weighted by Gasteiger charge is -2.09. The third-order valence-corrected chi connectivity index (χ3v) is 4.86. The van der Waals surface area contributed by atoms with Gasteiger partial charge < -0.3 is 0 Å². The summed E-state index contributed by atoms with van der Waals surface area (Å²) in [6.07, 6.45) is 0. The van der Waals surface area contributed by atoms with Crippen LogP contribution in [0.15, 0.2) is 34.5 Å². The van der Waals surface area contributed by atoms with Crippen molar-refractivity contribution in [3.63, 3.8) is 0 Å². The molecule has 0 radical (unpaired) electrons. The van der Waals surface area contributed by atoms with Crippen molar-refractivity contribution in [1.29, 1.82) is 0 Å². The molecule has 0 aliphatic carbocycles. The summed E-state index contributed by atoms with van der Waals surface area (Å²) in [6, 6.07) is 7.27. The third kappa shape index (κ3) is 5.37. The highest BCUT2D eigenvalue weighted by Crippen LogP contribution is 2.23. The van der Waals surface area contributed by atoms with Gasteiger partial charge in [-0.2, -0.15) is 0 Å². The largest absolute Gasteiger partial charge is 0.273 e. The van der Waals surface area contributed by atoms with Crippen molar-refractivity contribution >= 4 is 34.9 Å². The zero-order valence-corrected chi connectivity index (χ0v) is 14.9. The molecule has 0 aliphatic rings. The molecule has 7 heteroatoms. The van der Waals surface area contributed by atoms with Gasteiger partial charge in [-0.1, -0.05) is 13.8 Å². The van der Waals surface area contributed by atoms with Gasteiger partial charge in [0.05, 0.1) is 10.7 Å². The number of aromatic nitrogens is 1. The molecule has 1 heterocycles. The molecule has 1 aromatic carbocycles. The van der Waals surface area contributed by atoms with Crippen LogP contribution in [0.5, 0.6) is 0 Å². The molecule has 0 fully saturated rings. The van der Waals surface area contributed by atoms with Crippen LogP contribution in [-0.2, 0) is 10.5 Å². The van der Waals surface area contributed by atoms with Gasteiger partial charge in [-0.15, -0.1) is 23.1 Å². The average Bonchev–Trinajstić information content (AvgIpc) is 2.96. The number of carbonyl (C=O) groups excluding carboxylic acids is 2. The first-order valence-electron chi connectivity index (χ1n) is 7.20. The zero-order valence-electron chi connectivity index (χ0n) is 13.3. The van der Waals surface area contributed by atoms with Crippen LogP contribution in [0.25, 0.3) is 0 Å². The number of thiazole rings is 1. The second-order valence-corrected chi connectivity index (χ2v) is 7.38. The van der Waals surface area contributed by atoms with Crippen molar-refractivity contribution in [2.75, 3.05) is 0 Å². The summed E-state index contributed by atoms with van der Waals surface area (Å²) in [5, 5.41) is 3.12. The molecular formula is C16H19N3O2S2. The van der Waals surface area contributed by atoms with Gasteiger partial charge in [0.2, 0.25) is 5.91 Å². The van der Waals surface area contributed by atoms with Gasteiger partial charge in [0, 0.05) is 27.5 Å². The molecular weight excluding hydrogens is 330 g/mol.